The van der Waals surface area contributed by atoms with Crippen molar-refractivity contribution in [2.75, 3.05) is 0 Å². The molecular weight excluding hydrogens is 691 g/mol. The quantitative estimate of drug-likeness (QED) is 0.171. The summed E-state index contributed by atoms with van der Waals surface area (Å²) in [6.45, 7) is 4.81. The molecule has 3 aromatic heterocycles. The van der Waals surface area contributed by atoms with Crippen LogP contribution >= 0.6 is 22.7 Å². The molecule has 0 amide bonds. The van der Waals surface area contributed by atoms with Gasteiger partial charge in [-0.1, -0.05) is 105 Å². The number of fused-ring (bicyclic) bond motifs is 13. The second-order valence-corrected chi connectivity index (χ2v) is 17.5. The number of thiophene rings is 2. The molecule has 0 saturated heterocycles. The normalized spacial score (nSPS) is 13.5. The number of hydrogen-bond acceptors (Lipinski definition) is 2. The summed E-state index contributed by atoms with van der Waals surface area (Å²) in [6, 6.07) is 61.4. The van der Waals surface area contributed by atoms with Crippen molar-refractivity contribution < 1.29 is 0 Å². The number of nitrogens with zero attached hydrogens (tertiary/aromatic N) is 1. The molecule has 0 spiro atoms. The highest BCUT2D eigenvalue weighted by molar-refractivity contribution is 7.26. The highest BCUT2D eigenvalue weighted by Crippen LogP contribution is 2.54. The maximum absolute atomic E-state index is 2.45. The Balaban J connectivity index is 1.05. The van der Waals surface area contributed by atoms with Gasteiger partial charge in [0.25, 0.3) is 0 Å². The number of rotatable bonds is 3. The van der Waals surface area contributed by atoms with Crippen LogP contribution in [0.15, 0.2) is 164 Å². The SMILES string of the molecule is CC1(C)c2ccc(-c3ccc4c(c3)c3cc(-c5ccc6sc7ccccc7c6c5)ccc3n4-c3ccccc3)cc2-c2ccc3sc4ccccc4c3c21. The van der Waals surface area contributed by atoms with E-state index in [4.69, 9.17) is 0 Å². The number of hydrogen-bond donors (Lipinski definition) is 0. The van der Waals surface area contributed by atoms with E-state index in [0.29, 0.717) is 0 Å². The van der Waals surface area contributed by atoms with Crippen LogP contribution < -0.4 is 0 Å². The molecule has 0 fully saturated rings. The van der Waals surface area contributed by atoms with Crippen LogP contribution in [-0.4, -0.2) is 4.57 Å². The Kier molecular flexibility index (Phi) is 6.22. The van der Waals surface area contributed by atoms with Gasteiger partial charge in [-0.05, 0) is 117 Å². The Hall–Kier alpha value is -6.00. The standard InChI is InChI=1S/C51H33NS2/c1-51(2)42-21-16-30(26-38(42)36-20-25-48-49(50(36)51)37-13-7-9-15-46(37)54-48)31-17-22-43-39(27-31)40-28-32(18-23-44(40)52(43)34-10-4-3-5-11-34)33-19-24-47-41(29-33)35-12-6-8-14-45(35)53-47/h3-29H,1-2H3. The van der Waals surface area contributed by atoms with Gasteiger partial charge in [0.15, 0.2) is 0 Å². The Bertz CT molecular complexity index is 3350. The first-order chi connectivity index (χ1) is 26.5. The predicted octanol–water partition coefficient (Wildman–Crippen LogP) is 15.2. The van der Waals surface area contributed by atoms with E-state index in [0.717, 1.165) is 0 Å². The van der Waals surface area contributed by atoms with E-state index in [9.17, 15) is 0 Å². The van der Waals surface area contributed by atoms with Crippen molar-refractivity contribution in [1.82, 2.24) is 4.57 Å². The molecule has 0 aliphatic heterocycles. The van der Waals surface area contributed by atoms with Crippen LogP contribution in [0.5, 0.6) is 0 Å². The van der Waals surface area contributed by atoms with Gasteiger partial charge in [0.05, 0.1) is 11.0 Å². The molecule has 0 unspecified atom stereocenters. The third-order valence-corrected chi connectivity index (χ3v) is 14.3. The van der Waals surface area contributed by atoms with Crippen molar-refractivity contribution >= 4 is 84.8 Å². The highest BCUT2D eigenvalue weighted by atomic mass is 32.1. The van der Waals surface area contributed by atoms with Gasteiger partial charge < -0.3 is 4.57 Å². The first-order valence-electron chi connectivity index (χ1n) is 18.7. The van der Waals surface area contributed by atoms with Crippen molar-refractivity contribution in [3.8, 4) is 39.1 Å². The van der Waals surface area contributed by atoms with Gasteiger partial charge in [-0.3, -0.25) is 0 Å². The number of para-hydroxylation sites is 1. The van der Waals surface area contributed by atoms with E-state index in [1.165, 1.54) is 112 Å². The lowest BCUT2D eigenvalue weighted by atomic mass is 9.80. The minimum absolute atomic E-state index is 0.0890. The third kappa shape index (κ3) is 4.20. The fourth-order valence-electron chi connectivity index (χ4n) is 9.46. The van der Waals surface area contributed by atoms with Gasteiger partial charge in [0.2, 0.25) is 0 Å². The van der Waals surface area contributed by atoms with Gasteiger partial charge in [-0.25, -0.2) is 0 Å². The highest BCUT2D eigenvalue weighted by Gasteiger charge is 2.38. The lowest BCUT2D eigenvalue weighted by Gasteiger charge is -2.22. The maximum Gasteiger partial charge on any atom is 0.0541 e. The topological polar surface area (TPSA) is 4.93 Å². The average molecular weight is 724 g/mol. The molecule has 254 valence electrons. The first-order valence-corrected chi connectivity index (χ1v) is 20.3. The third-order valence-electron chi connectivity index (χ3n) is 12.0. The summed E-state index contributed by atoms with van der Waals surface area (Å²) in [5.41, 5.74) is 14.1. The monoisotopic (exact) mass is 723 g/mol. The molecule has 1 aliphatic rings. The molecule has 12 rings (SSSR count). The molecule has 1 aliphatic carbocycles. The van der Waals surface area contributed by atoms with Crippen molar-refractivity contribution in [1.29, 1.82) is 0 Å². The van der Waals surface area contributed by atoms with Crippen LogP contribution in [-0.2, 0) is 5.41 Å². The molecule has 3 heteroatoms. The lowest BCUT2D eigenvalue weighted by molar-refractivity contribution is 0.667. The summed E-state index contributed by atoms with van der Waals surface area (Å²) in [7, 11) is 0. The summed E-state index contributed by atoms with van der Waals surface area (Å²) < 4.78 is 7.83. The summed E-state index contributed by atoms with van der Waals surface area (Å²) in [5.74, 6) is 0. The van der Waals surface area contributed by atoms with Crippen LogP contribution in [0.3, 0.4) is 0 Å². The molecule has 0 atom stereocenters. The molecule has 0 bridgehead atoms. The van der Waals surface area contributed by atoms with Crippen LogP contribution in [0.4, 0.5) is 0 Å². The van der Waals surface area contributed by atoms with Crippen molar-refractivity contribution in [2.45, 2.75) is 19.3 Å². The largest absolute Gasteiger partial charge is 0.309 e. The minimum Gasteiger partial charge on any atom is -0.309 e. The van der Waals surface area contributed by atoms with E-state index in [1.807, 2.05) is 22.7 Å². The molecule has 0 N–H and O–H groups in total. The van der Waals surface area contributed by atoms with E-state index in [2.05, 4.69) is 182 Å². The summed E-state index contributed by atoms with van der Waals surface area (Å²) in [5, 5.41) is 7.99. The van der Waals surface area contributed by atoms with Crippen LogP contribution in [0.1, 0.15) is 25.0 Å². The molecule has 54 heavy (non-hydrogen) atoms. The Morgan fingerprint density at radius 3 is 1.69 bits per heavy atom. The Morgan fingerprint density at radius 2 is 0.944 bits per heavy atom. The average Bonchev–Trinajstić information content (AvgIpc) is 3.94. The van der Waals surface area contributed by atoms with Crippen molar-refractivity contribution in [2.24, 2.45) is 0 Å². The van der Waals surface area contributed by atoms with Gasteiger partial charge in [-0.15, -0.1) is 22.7 Å². The van der Waals surface area contributed by atoms with E-state index in [-0.39, 0.29) is 5.41 Å². The Labute approximate surface area is 321 Å². The van der Waals surface area contributed by atoms with Gasteiger partial charge >= 0.3 is 0 Å². The molecule has 11 aromatic rings. The summed E-state index contributed by atoms with van der Waals surface area (Å²) in [6.07, 6.45) is 0. The fourth-order valence-corrected chi connectivity index (χ4v) is 11.7. The zero-order valence-corrected chi connectivity index (χ0v) is 31.5. The first kappa shape index (κ1) is 30.5. The minimum atomic E-state index is -0.0890. The Morgan fingerprint density at radius 1 is 0.407 bits per heavy atom. The number of benzene rings is 8. The van der Waals surface area contributed by atoms with Crippen LogP contribution in [0.25, 0.3) is 101 Å². The maximum atomic E-state index is 2.45. The fraction of sp³-hybridized carbons (Fsp3) is 0.0588. The van der Waals surface area contributed by atoms with E-state index >= 15 is 0 Å². The summed E-state index contributed by atoms with van der Waals surface area (Å²) >= 11 is 3.78. The van der Waals surface area contributed by atoms with Gasteiger partial charge in [0, 0.05) is 62.2 Å². The molecule has 0 radical (unpaired) electrons. The predicted molar refractivity (Wildman–Crippen MR) is 235 cm³/mol. The van der Waals surface area contributed by atoms with Crippen LogP contribution in [0, 0.1) is 0 Å². The molecule has 0 saturated carbocycles. The molecule has 3 heterocycles. The second kappa shape index (κ2) is 11.0. The molecule has 8 aromatic carbocycles. The zero-order valence-electron chi connectivity index (χ0n) is 29.9. The molecular formula is C51H33NS2. The smallest absolute Gasteiger partial charge is 0.0541 e. The van der Waals surface area contributed by atoms with Crippen molar-refractivity contribution in [3.63, 3.8) is 0 Å². The van der Waals surface area contributed by atoms with Crippen LogP contribution in [0.2, 0.25) is 0 Å². The molecule has 1 nitrogen and oxygen atoms in total. The summed E-state index contributed by atoms with van der Waals surface area (Å²) in [4.78, 5) is 0. The zero-order chi connectivity index (χ0) is 35.7. The number of aromatic nitrogens is 1. The lowest BCUT2D eigenvalue weighted by Crippen LogP contribution is -2.15. The van der Waals surface area contributed by atoms with Gasteiger partial charge in [-0.2, -0.15) is 0 Å². The van der Waals surface area contributed by atoms with E-state index in [1.54, 1.807) is 0 Å². The second-order valence-electron chi connectivity index (χ2n) is 15.3. The van der Waals surface area contributed by atoms with E-state index < -0.39 is 0 Å². The van der Waals surface area contributed by atoms with Gasteiger partial charge in [0.1, 0.15) is 0 Å². The van der Waals surface area contributed by atoms with Crippen molar-refractivity contribution in [3.05, 3.63) is 175 Å².